The fraction of sp³-hybridized carbons (Fsp3) is 0.290. The van der Waals surface area contributed by atoms with Crippen molar-refractivity contribution in [1.29, 1.82) is 0 Å². The minimum Gasteiger partial charge on any atom is -0.343 e. The molecule has 0 bridgehead atoms. The number of carbonyl (C=O) groups excluding carboxylic acids is 2. The topological polar surface area (TPSA) is 54.3 Å². The molecular weight excluding hydrogens is 484 g/mol. The van der Waals surface area contributed by atoms with Gasteiger partial charge in [0, 0.05) is 18.0 Å². The zero-order valence-corrected chi connectivity index (χ0v) is 21.5. The maximum Gasteiger partial charge on any atom is 0.243 e. The van der Waals surface area contributed by atoms with Gasteiger partial charge in [-0.1, -0.05) is 74.5 Å². The van der Waals surface area contributed by atoms with Crippen LogP contribution in [0.1, 0.15) is 48.9 Å². The lowest BCUT2D eigenvalue weighted by Gasteiger charge is -2.27. The third-order valence-corrected chi connectivity index (χ3v) is 7.30. The molecule has 1 aliphatic rings. The fourth-order valence-electron chi connectivity index (χ4n) is 5.19. The van der Waals surface area contributed by atoms with Crippen LogP contribution in [0.25, 0.3) is 10.9 Å². The molecule has 1 aromatic heterocycles. The largest absolute Gasteiger partial charge is 0.343 e. The average molecular weight is 516 g/mol. The first-order valence-corrected chi connectivity index (χ1v) is 12.9. The number of hydrogen-bond donors (Lipinski definition) is 1. The van der Waals surface area contributed by atoms with Crippen molar-refractivity contribution in [3.8, 4) is 0 Å². The predicted molar refractivity (Wildman–Crippen MR) is 144 cm³/mol. The van der Waals surface area contributed by atoms with Crippen molar-refractivity contribution in [3.63, 3.8) is 0 Å². The Morgan fingerprint density at radius 3 is 2.32 bits per heavy atom. The van der Waals surface area contributed by atoms with Crippen molar-refractivity contribution in [2.24, 2.45) is 0 Å². The van der Waals surface area contributed by atoms with Gasteiger partial charge in [0.05, 0.1) is 18.1 Å². The van der Waals surface area contributed by atoms with E-state index in [1.54, 1.807) is 29.0 Å². The van der Waals surface area contributed by atoms with E-state index in [0.717, 1.165) is 11.1 Å². The molecule has 4 aromatic rings. The minimum absolute atomic E-state index is 0.0631. The number of nitrogens with one attached hydrogen (secondary N) is 1. The SMILES string of the molecule is CC(C)c1ccc(C(NC(=O)C2CC(F)CN2C(=O)Cn2ccc3c(F)cccc32)c2ccccc2)cc1. The van der Waals surface area contributed by atoms with E-state index in [1.807, 2.05) is 42.5 Å². The first-order valence-electron chi connectivity index (χ1n) is 12.9. The Hall–Kier alpha value is -4.00. The lowest BCUT2D eigenvalue weighted by atomic mass is 9.95. The van der Waals surface area contributed by atoms with E-state index in [0.29, 0.717) is 16.8 Å². The van der Waals surface area contributed by atoms with Crippen LogP contribution in [0.5, 0.6) is 0 Å². The van der Waals surface area contributed by atoms with Crippen LogP contribution < -0.4 is 5.32 Å². The summed E-state index contributed by atoms with van der Waals surface area (Å²) in [7, 11) is 0. The van der Waals surface area contributed by atoms with Gasteiger partial charge < -0.3 is 14.8 Å². The predicted octanol–water partition coefficient (Wildman–Crippen LogP) is 5.75. The summed E-state index contributed by atoms with van der Waals surface area (Å²) in [6.07, 6.45) is 0.275. The zero-order chi connectivity index (χ0) is 26.8. The molecule has 3 aromatic carbocycles. The van der Waals surface area contributed by atoms with Crippen molar-refractivity contribution in [2.75, 3.05) is 6.54 Å². The highest BCUT2D eigenvalue weighted by Crippen LogP contribution is 2.27. The molecule has 5 nitrogen and oxygen atoms in total. The van der Waals surface area contributed by atoms with Crippen LogP contribution in [0, 0.1) is 5.82 Å². The van der Waals surface area contributed by atoms with Crippen molar-refractivity contribution in [1.82, 2.24) is 14.8 Å². The summed E-state index contributed by atoms with van der Waals surface area (Å²) < 4.78 is 30.3. The van der Waals surface area contributed by atoms with Crippen LogP contribution in [-0.2, 0) is 16.1 Å². The van der Waals surface area contributed by atoms with Crippen molar-refractivity contribution in [2.45, 2.75) is 51.0 Å². The van der Waals surface area contributed by atoms with Crippen LogP contribution in [0.3, 0.4) is 0 Å². The van der Waals surface area contributed by atoms with E-state index in [9.17, 15) is 18.4 Å². The normalized spacial score (nSPS) is 18.2. The van der Waals surface area contributed by atoms with Crippen molar-refractivity contribution in [3.05, 3.63) is 108 Å². The fourth-order valence-corrected chi connectivity index (χ4v) is 5.19. The molecule has 38 heavy (non-hydrogen) atoms. The molecule has 7 heteroatoms. The highest BCUT2D eigenvalue weighted by molar-refractivity contribution is 5.90. The molecule has 2 heterocycles. The van der Waals surface area contributed by atoms with Crippen LogP contribution in [-0.4, -0.2) is 40.0 Å². The third kappa shape index (κ3) is 5.19. The Balaban J connectivity index is 1.37. The van der Waals surface area contributed by atoms with Gasteiger partial charge in [-0.2, -0.15) is 0 Å². The second-order valence-corrected chi connectivity index (χ2v) is 10.2. The smallest absolute Gasteiger partial charge is 0.243 e. The van der Waals surface area contributed by atoms with E-state index in [-0.39, 0.29) is 31.2 Å². The minimum atomic E-state index is -1.30. The number of alkyl halides is 1. The highest BCUT2D eigenvalue weighted by atomic mass is 19.1. The first-order chi connectivity index (χ1) is 18.3. The number of benzene rings is 3. The van der Waals surface area contributed by atoms with Gasteiger partial charge in [0.2, 0.25) is 11.8 Å². The molecule has 1 fully saturated rings. The number of hydrogen-bond acceptors (Lipinski definition) is 2. The van der Waals surface area contributed by atoms with Gasteiger partial charge in [-0.15, -0.1) is 0 Å². The second kappa shape index (κ2) is 10.8. The van der Waals surface area contributed by atoms with Crippen molar-refractivity contribution < 1.29 is 18.4 Å². The van der Waals surface area contributed by atoms with Gasteiger partial charge in [-0.25, -0.2) is 8.78 Å². The van der Waals surface area contributed by atoms with E-state index in [2.05, 4.69) is 31.3 Å². The number of rotatable bonds is 7. The van der Waals surface area contributed by atoms with Crippen LogP contribution in [0.15, 0.2) is 85.1 Å². The molecule has 2 amide bonds. The van der Waals surface area contributed by atoms with E-state index < -0.39 is 24.2 Å². The molecule has 0 spiro atoms. The lowest BCUT2D eigenvalue weighted by molar-refractivity contribution is -0.139. The van der Waals surface area contributed by atoms with Crippen LogP contribution in [0.4, 0.5) is 8.78 Å². The number of halogens is 2. The van der Waals surface area contributed by atoms with E-state index in [4.69, 9.17) is 0 Å². The summed E-state index contributed by atoms with van der Waals surface area (Å²) in [6, 6.07) is 22.6. The van der Waals surface area contributed by atoms with Gasteiger partial charge in [0.15, 0.2) is 0 Å². The molecule has 1 N–H and O–H groups in total. The summed E-state index contributed by atoms with van der Waals surface area (Å²) in [5, 5.41) is 3.50. The Labute approximate surface area is 221 Å². The lowest BCUT2D eigenvalue weighted by Crippen LogP contribution is -2.47. The summed E-state index contributed by atoms with van der Waals surface area (Å²) in [6.45, 7) is 3.99. The molecule has 0 saturated carbocycles. The van der Waals surface area contributed by atoms with Gasteiger partial charge >= 0.3 is 0 Å². The monoisotopic (exact) mass is 515 g/mol. The number of amides is 2. The number of fused-ring (bicyclic) bond motifs is 1. The molecular formula is C31H31F2N3O2. The molecule has 1 aliphatic heterocycles. The van der Waals surface area contributed by atoms with Crippen LogP contribution >= 0.6 is 0 Å². The standard InChI is InChI=1S/C31H31F2N3O2/c1-20(2)21-11-13-23(14-12-21)30(22-7-4-3-5-8-22)34-31(38)28-17-24(32)18-36(28)29(37)19-35-16-15-25-26(33)9-6-10-27(25)35/h3-16,20,24,28,30H,17-19H2,1-2H3,(H,34,38). The highest BCUT2D eigenvalue weighted by Gasteiger charge is 2.40. The Bertz CT molecular complexity index is 1430. The van der Waals surface area contributed by atoms with Gasteiger partial charge in [0.25, 0.3) is 0 Å². The zero-order valence-electron chi connectivity index (χ0n) is 21.5. The maximum absolute atomic E-state index is 14.6. The first kappa shape index (κ1) is 25.6. The third-order valence-electron chi connectivity index (χ3n) is 7.30. The average Bonchev–Trinajstić information content (AvgIpc) is 3.52. The number of aromatic nitrogens is 1. The molecule has 5 rings (SSSR count). The summed E-state index contributed by atoms with van der Waals surface area (Å²) in [5.41, 5.74) is 3.57. The Morgan fingerprint density at radius 1 is 0.921 bits per heavy atom. The summed E-state index contributed by atoms with van der Waals surface area (Å²) >= 11 is 0. The molecule has 1 saturated heterocycles. The second-order valence-electron chi connectivity index (χ2n) is 10.2. The summed E-state index contributed by atoms with van der Waals surface area (Å²) in [4.78, 5) is 28.2. The maximum atomic E-state index is 14.6. The Kier molecular flexibility index (Phi) is 7.27. The molecule has 3 unspecified atom stereocenters. The molecule has 196 valence electrons. The quantitative estimate of drug-likeness (QED) is 0.341. The molecule has 0 radical (unpaired) electrons. The van der Waals surface area contributed by atoms with E-state index >= 15 is 0 Å². The Morgan fingerprint density at radius 2 is 1.61 bits per heavy atom. The van der Waals surface area contributed by atoms with Gasteiger partial charge in [-0.05, 0) is 40.8 Å². The number of carbonyl (C=O) groups is 2. The number of likely N-dealkylation sites (tertiary alicyclic amines) is 1. The van der Waals surface area contributed by atoms with Crippen molar-refractivity contribution >= 4 is 22.7 Å². The van der Waals surface area contributed by atoms with Crippen LogP contribution in [0.2, 0.25) is 0 Å². The molecule has 0 aliphatic carbocycles. The summed E-state index contributed by atoms with van der Waals surface area (Å²) in [5.74, 6) is -0.778. The molecule has 3 atom stereocenters. The van der Waals surface area contributed by atoms with Gasteiger partial charge in [0.1, 0.15) is 24.6 Å². The van der Waals surface area contributed by atoms with E-state index in [1.165, 1.54) is 16.5 Å². The van der Waals surface area contributed by atoms with Gasteiger partial charge in [-0.3, -0.25) is 9.59 Å². The number of nitrogens with zero attached hydrogens (tertiary/aromatic N) is 2.